The number of non-ortho nitro benzene ring substituents is 1. The fraction of sp³-hybridized carbons (Fsp3) is 0.0400. The van der Waals surface area contributed by atoms with Gasteiger partial charge in [-0.1, -0.05) is 46.9 Å². The van der Waals surface area contributed by atoms with Gasteiger partial charge in [0.25, 0.3) is 23.4 Å². The van der Waals surface area contributed by atoms with Crippen molar-refractivity contribution in [2.75, 3.05) is 16.8 Å². The quantitative estimate of drug-likeness (QED) is 0.166. The third kappa shape index (κ3) is 6.34. The molecule has 1 aliphatic heterocycles. The van der Waals surface area contributed by atoms with Gasteiger partial charge in [-0.05, 0) is 48.0 Å². The third-order valence-electron chi connectivity index (χ3n) is 5.23. The summed E-state index contributed by atoms with van der Waals surface area (Å²) >= 11 is 18.1. The highest BCUT2D eigenvalue weighted by atomic mass is 35.5. The molecule has 2 N–H and O–H groups in total. The average molecular weight is 590 g/mol. The average Bonchev–Trinajstić information content (AvgIpc) is 2.88. The molecule has 1 heterocycles. The van der Waals surface area contributed by atoms with Crippen molar-refractivity contribution in [2.45, 2.75) is 0 Å². The Morgan fingerprint density at radius 3 is 2.46 bits per heavy atom. The molecule has 39 heavy (non-hydrogen) atoms. The molecule has 14 heteroatoms. The summed E-state index contributed by atoms with van der Waals surface area (Å²) in [7, 11) is 0. The fourth-order valence-corrected chi connectivity index (χ4v) is 3.98. The SMILES string of the molecule is O=C(COc1ccc(/C=C2/C(=O)NC(=O)N(c3cccc([N+](=O)[O-])c3)C2=O)cc1Cl)Nc1ccc(Cl)c(Cl)c1. The van der Waals surface area contributed by atoms with E-state index in [0.717, 1.165) is 6.07 Å². The number of hydrogen-bond acceptors (Lipinski definition) is 7. The zero-order valence-corrected chi connectivity index (χ0v) is 21.7. The van der Waals surface area contributed by atoms with Crippen molar-refractivity contribution in [3.05, 3.63) is 97.0 Å². The molecule has 4 rings (SSSR count). The van der Waals surface area contributed by atoms with Gasteiger partial charge in [0.2, 0.25) is 0 Å². The summed E-state index contributed by atoms with van der Waals surface area (Å²) in [6.45, 7) is -0.387. The molecule has 0 atom stereocenters. The van der Waals surface area contributed by atoms with Crippen LogP contribution in [0.25, 0.3) is 6.08 Å². The molecular formula is C25H15Cl3N4O7. The highest BCUT2D eigenvalue weighted by Crippen LogP contribution is 2.29. The molecule has 198 valence electrons. The Labute approximate surface area is 235 Å². The maximum absolute atomic E-state index is 13.0. The second-order valence-corrected chi connectivity index (χ2v) is 9.11. The van der Waals surface area contributed by atoms with Gasteiger partial charge < -0.3 is 10.1 Å². The molecule has 3 aromatic carbocycles. The normalized spacial score (nSPS) is 14.3. The third-order valence-corrected chi connectivity index (χ3v) is 6.26. The molecule has 3 aromatic rings. The minimum Gasteiger partial charge on any atom is -0.482 e. The zero-order chi connectivity index (χ0) is 28.3. The van der Waals surface area contributed by atoms with Crippen molar-refractivity contribution >= 4 is 81.7 Å². The second-order valence-electron chi connectivity index (χ2n) is 7.89. The van der Waals surface area contributed by atoms with Gasteiger partial charge >= 0.3 is 6.03 Å². The lowest BCUT2D eigenvalue weighted by Crippen LogP contribution is -2.54. The van der Waals surface area contributed by atoms with Crippen molar-refractivity contribution in [3.8, 4) is 5.75 Å². The van der Waals surface area contributed by atoms with E-state index < -0.39 is 34.2 Å². The minimum atomic E-state index is -1.05. The van der Waals surface area contributed by atoms with Crippen LogP contribution < -0.4 is 20.3 Å². The Kier molecular flexibility index (Phi) is 8.15. The molecule has 5 amide bonds. The summed E-state index contributed by atoms with van der Waals surface area (Å²) in [5.74, 6) is -2.29. The van der Waals surface area contributed by atoms with E-state index in [0.29, 0.717) is 21.2 Å². The lowest BCUT2D eigenvalue weighted by atomic mass is 10.1. The van der Waals surface area contributed by atoms with E-state index in [1.807, 2.05) is 5.32 Å². The van der Waals surface area contributed by atoms with Crippen LogP contribution in [0, 0.1) is 10.1 Å². The van der Waals surface area contributed by atoms with Gasteiger partial charge in [-0.3, -0.25) is 29.8 Å². The predicted octanol–water partition coefficient (Wildman–Crippen LogP) is 5.24. The van der Waals surface area contributed by atoms with Crippen LogP contribution in [-0.2, 0) is 14.4 Å². The van der Waals surface area contributed by atoms with Gasteiger partial charge in [0.1, 0.15) is 11.3 Å². The maximum Gasteiger partial charge on any atom is 0.335 e. The molecule has 0 bridgehead atoms. The Hall–Kier alpha value is -4.45. The number of nitrogens with one attached hydrogen (secondary N) is 2. The number of carbonyl (C=O) groups is 4. The van der Waals surface area contributed by atoms with Crippen LogP contribution in [0.3, 0.4) is 0 Å². The lowest BCUT2D eigenvalue weighted by molar-refractivity contribution is -0.384. The Balaban J connectivity index is 1.48. The van der Waals surface area contributed by atoms with Crippen LogP contribution in [0.2, 0.25) is 15.1 Å². The fourth-order valence-electron chi connectivity index (χ4n) is 3.44. The van der Waals surface area contributed by atoms with Crippen molar-refractivity contribution in [2.24, 2.45) is 0 Å². The number of benzene rings is 3. The minimum absolute atomic E-state index is 0.0713. The van der Waals surface area contributed by atoms with E-state index >= 15 is 0 Å². The number of ether oxygens (including phenoxy) is 1. The summed E-state index contributed by atoms with van der Waals surface area (Å²) in [6.07, 6.45) is 1.20. The number of amides is 5. The molecule has 1 aliphatic rings. The Bertz CT molecular complexity index is 1570. The number of nitrogens with zero attached hydrogens (tertiary/aromatic N) is 2. The van der Waals surface area contributed by atoms with Gasteiger partial charge in [0, 0.05) is 17.8 Å². The summed E-state index contributed by atoms with van der Waals surface area (Å²) in [5, 5.41) is 16.4. The van der Waals surface area contributed by atoms with Gasteiger partial charge in [-0.15, -0.1) is 0 Å². The number of rotatable bonds is 7. The van der Waals surface area contributed by atoms with Crippen molar-refractivity contribution in [1.29, 1.82) is 0 Å². The largest absolute Gasteiger partial charge is 0.482 e. The topological polar surface area (TPSA) is 148 Å². The first-order valence-corrected chi connectivity index (χ1v) is 12.0. The molecule has 1 saturated heterocycles. The molecule has 11 nitrogen and oxygen atoms in total. The van der Waals surface area contributed by atoms with Crippen LogP contribution in [-0.4, -0.2) is 35.3 Å². The Morgan fingerprint density at radius 1 is 1.00 bits per heavy atom. The van der Waals surface area contributed by atoms with Crippen molar-refractivity contribution in [1.82, 2.24) is 5.32 Å². The van der Waals surface area contributed by atoms with E-state index in [9.17, 15) is 29.3 Å². The maximum atomic E-state index is 13.0. The van der Waals surface area contributed by atoms with E-state index in [1.165, 1.54) is 54.6 Å². The summed E-state index contributed by atoms with van der Waals surface area (Å²) in [5.41, 5.74) is -0.125. The monoisotopic (exact) mass is 588 g/mol. The number of urea groups is 1. The number of halogens is 3. The first-order chi connectivity index (χ1) is 18.5. The highest BCUT2D eigenvalue weighted by molar-refractivity contribution is 6.42. The number of imide groups is 2. The number of nitro groups is 1. The molecule has 0 aliphatic carbocycles. The summed E-state index contributed by atoms with van der Waals surface area (Å²) in [6, 6.07) is 12.7. The Morgan fingerprint density at radius 2 is 1.77 bits per heavy atom. The number of carbonyl (C=O) groups excluding carboxylic acids is 4. The van der Waals surface area contributed by atoms with Crippen LogP contribution in [0.1, 0.15) is 5.56 Å². The van der Waals surface area contributed by atoms with Crippen LogP contribution >= 0.6 is 34.8 Å². The van der Waals surface area contributed by atoms with Crippen LogP contribution in [0.4, 0.5) is 21.9 Å². The van der Waals surface area contributed by atoms with Gasteiger partial charge in [-0.2, -0.15) is 0 Å². The summed E-state index contributed by atoms with van der Waals surface area (Å²) < 4.78 is 5.45. The number of anilines is 2. The van der Waals surface area contributed by atoms with Crippen molar-refractivity contribution in [3.63, 3.8) is 0 Å². The first-order valence-electron chi connectivity index (χ1n) is 10.9. The number of barbiturate groups is 1. The predicted molar refractivity (Wildman–Crippen MR) is 144 cm³/mol. The molecule has 0 radical (unpaired) electrons. The smallest absolute Gasteiger partial charge is 0.335 e. The van der Waals surface area contributed by atoms with E-state index in [2.05, 4.69) is 5.32 Å². The van der Waals surface area contributed by atoms with E-state index in [-0.39, 0.29) is 33.8 Å². The summed E-state index contributed by atoms with van der Waals surface area (Å²) in [4.78, 5) is 61.1. The van der Waals surface area contributed by atoms with E-state index in [1.54, 1.807) is 6.07 Å². The molecule has 0 unspecified atom stereocenters. The molecular weight excluding hydrogens is 575 g/mol. The first kappa shape index (κ1) is 27.6. The molecule has 0 spiro atoms. The highest BCUT2D eigenvalue weighted by Gasteiger charge is 2.37. The number of hydrogen-bond donors (Lipinski definition) is 2. The van der Waals surface area contributed by atoms with Crippen molar-refractivity contribution < 1.29 is 28.8 Å². The van der Waals surface area contributed by atoms with Gasteiger partial charge in [-0.25, -0.2) is 9.69 Å². The van der Waals surface area contributed by atoms with Crippen LogP contribution in [0.15, 0.2) is 66.2 Å². The molecule has 0 saturated carbocycles. The number of nitro benzene ring substituents is 1. The van der Waals surface area contributed by atoms with Gasteiger partial charge in [0.15, 0.2) is 6.61 Å². The van der Waals surface area contributed by atoms with Crippen LogP contribution in [0.5, 0.6) is 5.75 Å². The second kappa shape index (κ2) is 11.5. The molecule has 0 aromatic heterocycles. The van der Waals surface area contributed by atoms with E-state index in [4.69, 9.17) is 39.5 Å². The standard InChI is InChI=1S/C25H15Cl3N4O7/c26-18-6-5-14(10-19(18)27)29-22(33)12-39-21-7-4-13(9-20(21)28)8-17-23(34)30-25(36)31(24(17)35)15-2-1-3-16(11-15)32(37)38/h1-11H,12H2,(H,29,33)(H,30,34,36)/b17-8-. The molecule has 1 fully saturated rings. The lowest BCUT2D eigenvalue weighted by Gasteiger charge is -2.26. The zero-order valence-electron chi connectivity index (χ0n) is 19.4. The van der Waals surface area contributed by atoms with Gasteiger partial charge in [0.05, 0.1) is 25.7 Å².